The van der Waals surface area contributed by atoms with Crippen LogP contribution < -0.4 is 0 Å². The third kappa shape index (κ3) is 3.15. The summed E-state index contributed by atoms with van der Waals surface area (Å²) in [6.07, 6.45) is 0.372. The van der Waals surface area contributed by atoms with Gasteiger partial charge in [0, 0.05) is 31.7 Å². The fourth-order valence-electron chi connectivity index (χ4n) is 3.64. The highest BCUT2D eigenvalue weighted by Gasteiger charge is 2.39. The summed E-state index contributed by atoms with van der Waals surface area (Å²) in [5.74, 6) is -0.709. The number of fused-ring (bicyclic) bond motifs is 3. The van der Waals surface area contributed by atoms with E-state index in [0.29, 0.717) is 35.0 Å². The predicted molar refractivity (Wildman–Crippen MR) is 97.5 cm³/mol. The first-order valence-corrected chi connectivity index (χ1v) is 8.74. The fourth-order valence-corrected chi connectivity index (χ4v) is 3.64. The molecule has 0 spiro atoms. The highest BCUT2D eigenvalue weighted by atomic mass is 16.7. The zero-order valence-electron chi connectivity index (χ0n) is 15.9. The zero-order valence-corrected chi connectivity index (χ0v) is 15.9. The smallest absolute Gasteiger partial charge is 0.341 e. The molecule has 0 saturated heterocycles. The number of aromatic nitrogens is 1. The Morgan fingerprint density at radius 3 is 2.46 bits per heavy atom. The molecule has 0 fully saturated rings. The van der Waals surface area contributed by atoms with Crippen LogP contribution in [0.4, 0.5) is 0 Å². The molecule has 0 N–H and O–H groups in total. The summed E-state index contributed by atoms with van der Waals surface area (Å²) in [4.78, 5) is 25.7. The van der Waals surface area contributed by atoms with Crippen LogP contribution in [0.3, 0.4) is 0 Å². The van der Waals surface area contributed by atoms with E-state index in [1.807, 2.05) is 45.0 Å². The standard InChI is InChI=1S/C20H25NO5/c1-20(2,3)26-18(23)16-12-8-6-7-9-14(12)21-15(22)11-10-13(17(16)21)19(24-4)25-5/h6-9,13,19H,10-11H2,1-5H3. The zero-order chi connectivity index (χ0) is 19.1. The molecular weight excluding hydrogens is 334 g/mol. The molecule has 1 aliphatic heterocycles. The lowest BCUT2D eigenvalue weighted by atomic mass is 9.91. The summed E-state index contributed by atoms with van der Waals surface area (Å²) in [6, 6.07) is 7.40. The van der Waals surface area contributed by atoms with Crippen LogP contribution in [0.2, 0.25) is 0 Å². The number of carbonyl (C=O) groups is 2. The van der Waals surface area contributed by atoms with Gasteiger partial charge in [-0.25, -0.2) is 4.79 Å². The Balaban J connectivity index is 2.28. The molecule has 1 unspecified atom stereocenters. The van der Waals surface area contributed by atoms with Gasteiger partial charge in [-0.2, -0.15) is 0 Å². The average Bonchev–Trinajstić information content (AvgIpc) is 2.92. The SMILES string of the molecule is COC(OC)C1CCC(=O)n2c1c(C(=O)OC(C)(C)C)c1ccccc12. The average molecular weight is 359 g/mol. The van der Waals surface area contributed by atoms with Crippen LogP contribution in [0.1, 0.15) is 60.4 Å². The maximum atomic E-state index is 13.0. The Morgan fingerprint density at radius 1 is 1.19 bits per heavy atom. The van der Waals surface area contributed by atoms with Crippen molar-refractivity contribution in [3.05, 3.63) is 35.5 Å². The quantitative estimate of drug-likeness (QED) is 0.615. The van der Waals surface area contributed by atoms with E-state index in [0.717, 1.165) is 0 Å². The molecule has 26 heavy (non-hydrogen) atoms. The molecule has 1 aromatic carbocycles. The van der Waals surface area contributed by atoms with Crippen molar-refractivity contribution in [3.63, 3.8) is 0 Å². The Bertz CT molecular complexity index is 842. The fraction of sp³-hybridized carbons (Fsp3) is 0.500. The van der Waals surface area contributed by atoms with Crippen molar-refractivity contribution in [1.29, 1.82) is 0 Å². The third-order valence-electron chi connectivity index (χ3n) is 4.58. The molecule has 6 nitrogen and oxygen atoms in total. The van der Waals surface area contributed by atoms with Crippen LogP contribution in [0, 0.1) is 0 Å². The summed E-state index contributed by atoms with van der Waals surface area (Å²) < 4.78 is 18.2. The predicted octanol–water partition coefficient (Wildman–Crippen LogP) is 3.73. The number of esters is 1. The van der Waals surface area contributed by atoms with E-state index in [2.05, 4.69) is 0 Å². The van der Waals surface area contributed by atoms with Crippen LogP contribution in [0.5, 0.6) is 0 Å². The summed E-state index contributed by atoms with van der Waals surface area (Å²) >= 11 is 0. The lowest BCUT2D eigenvalue weighted by Gasteiger charge is -2.30. The van der Waals surface area contributed by atoms with Crippen LogP contribution in [-0.4, -0.2) is 42.6 Å². The van der Waals surface area contributed by atoms with Gasteiger partial charge in [0.1, 0.15) is 5.60 Å². The van der Waals surface area contributed by atoms with E-state index in [1.165, 1.54) is 0 Å². The van der Waals surface area contributed by atoms with Gasteiger partial charge in [-0.3, -0.25) is 9.36 Å². The van der Waals surface area contributed by atoms with E-state index in [-0.39, 0.29) is 11.8 Å². The Labute approximate surface area is 153 Å². The summed E-state index contributed by atoms with van der Waals surface area (Å²) in [5.41, 5.74) is 1.12. The first-order valence-electron chi connectivity index (χ1n) is 8.74. The van der Waals surface area contributed by atoms with Crippen molar-refractivity contribution in [2.75, 3.05) is 14.2 Å². The summed E-state index contributed by atoms with van der Waals surface area (Å²) in [7, 11) is 3.12. The van der Waals surface area contributed by atoms with Crippen molar-refractivity contribution in [2.24, 2.45) is 0 Å². The minimum absolute atomic E-state index is 0.0341. The summed E-state index contributed by atoms with van der Waals surface area (Å²) in [5, 5.41) is 0.711. The number of methoxy groups -OCH3 is 2. The molecular formula is C20H25NO5. The van der Waals surface area contributed by atoms with Gasteiger partial charge in [-0.1, -0.05) is 18.2 Å². The van der Waals surface area contributed by atoms with Crippen LogP contribution in [0.15, 0.2) is 24.3 Å². The topological polar surface area (TPSA) is 66.8 Å². The van der Waals surface area contributed by atoms with Gasteiger partial charge < -0.3 is 14.2 Å². The lowest BCUT2D eigenvalue weighted by Crippen LogP contribution is -2.33. The molecule has 1 atom stereocenters. The van der Waals surface area contributed by atoms with Gasteiger partial charge in [0.2, 0.25) is 5.91 Å². The molecule has 6 heteroatoms. The van der Waals surface area contributed by atoms with Crippen LogP contribution in [0.25, 0.3) is 10.9 Å². The van der Waals surface area contributed by atoms with E-state index in [4.69, 9.17) is 14.2 Å². The third-order valence-corrected chi connectivity index (χ3v) is 4.58. The van der Waals surface area contributed by atoms with Crippen molar-refractivity contribution >= 4 is 22.8 Å². The molecule has 1 aliphatic rings. The molecule has 140 valence electrons. The van der Waals surface area contributed by atoms with E-state index in [9.17, 15) is 9.59 Å². The number of hydrogen-bond donors (Lipinski definition) is 0. The van der Waals surface area contributed by atoms with E-state index >= 15 is 0 Å². The minimum atomic E-state index is -0.636. The highest BCUT2D eigenvalue weighted by Crippen LogP contribution is 2.40. The van der Waals surface area contributed by atoms with Gasteiger partial charge in [0.25, 0.3) is 0 Å². The number of hydrogen-bond acceptors (Lipinski definition) is 5. The Hall–Kier alpha value is -2.18. The van der Waals surface area contributed by atoms with Gasteiger partial charge in [0.15, 0.2) is 6.29 Å². The summed E-state index contributed by atoms with van der Waals surface area (Å²) in [6.45, 7) is 5.47. The molecule has 0 saturated carbocycles. The maximum Gasteiger partial charge on any atom is 0.341 e. The number of ether oxygens (including phenoxy) is 3. The monoisotopic (exact) mass is 359 g/mol. The Kier molecular flexibility index (Phi) is 4.90. The van der Waals surface area contributed by atoms with Crippen molar-refractivity contribution in [1.82, 2.24) is 4.57 Å². The molecule has 3 rings (SSSR count). The van der Waals surface area contributed by atoms with Crippen molar-refractivity contribution in [2.45, 2.75) is 51.4 Å². The highest BCUT2D eigenvalue weighted by molar-refractivity contribution is 6.09. The molecule has 0 aliphatic carbocycles. The minimum Gasteiger partial charge on any atom is -0.456 e. The largest absolute Gasteiger partial charge is 0.456 e. The second-order valence-corrected chi connectivity index (χ2v) is 7.49. The normalized spacial score (nSPS) is 17.6. The van der Waals surface area contributed by atoms with E-state index in [1.54, 1.807) is 18.8 Å². The number of benzene rings is 1. The number of carbonyl (C=O) groups excluding carboxylic acids is 2. The molecule has 2 aromatic rings. The molecule has 0 radical (unpaired) electrons. The molecule has 2 heterocycles. The molecule has 0 amide bonds. The number of nitrogens with zero attached hydrogens (tertiary/aromatic N) is 1. The Morgan fingerprint density at radius 2 is 1.85 bits per heavy atom. The number of para-hydroxylation sites is 1. The van der Waals surface area contributed by atoms with Gasteiger partial charge in [0.05, 0.1) is 17.0 Å². The second kappa shape index (κ2) is 6.85. The van der Waals surface area contributed by atoms with Crippen molar-refractivity contribution in [3.8, 4) is 0 Å². The van der Waals surface area contributed by atoms with E-state index < -0.39 is 17.9 Å². The molecule has 1 aromatic heterocycles. The second-order valence-electron chi connectivity index (χ2n) is 7.49. The van der Waals surface area contributed by atoms with Crippen LogP contribution >= 0.6 is 0 Å². The first-order chi connectivity index (χ1) is 12.3. The lowest BCUT2D eigenvalue weighted by molar-refractivity contribution is -0.121. The van der Waals surface area contributed by atoms with Crippen LogP contribution in [-0.2, 0) is 14.2 Å². The van der Waals surface area contributed by atoms with Gasteiger partial charge in [-0.15, -0.1) is 0 Å². The van der Waals surface area contributed by atoms with Crippen molar-refractivity contribution < 1.29 is 23.8 Å². The first kappa shape index (κ1) is 18.6. The molecule has 0 bridgehead atoms. The number of rotatable bonds is 4. The van der Waals surface area contributed by atoms with Gasteiger partial charge >= 0.3 is 5.97 Å². The van der Waals surface area contributed by atoms with Gasteiger partial charge in [-0.05, 0) is 33.3 Å². The maximum absolute atomic E-state index is 13.0.